The lowest BCUT2D eigenvalue weighted by Gasteiger charge is -2.36. The highest BCUT2D eigenvalue weighted by Crippen LogP contribution is 2.22. The Hall–Kier alpha value is -2.12. The first-order valence-corrected chi connectivity index (χ1v) is 9.78. The lowest BCUT2D eigenvalue weighted by atomic mass is 9.94. The first kappa shape index (κ1) is 19.6. The van der Waals surface area contributed by atoms with E-state index in [1.165, 1.54) is 11.1 Å². The lowest BCUT2D eigenvalue weighted by molar-refractivity contribution is -0.124. The smallest absolute Gasteiger partial charge is 0.317 e. The summed E-state index contributed by atoms with van der Waals surface area (Å²) < 4.78 is 0. The van der Waals surface area contributed by atoms with Crippen LogP contribution in [0.2, 0.25) is 0 Å². The molecule has 0 spiro atoms. The second-order valence-corrected chi connectivity index (χ2v) is 7.63. The van der Waals surface area contributed by atoms with E-state index in [1.807, 2.05) is 7.05 Å². The van der Waals surface area contributed by atoms with Gasteiger partial charge < -0.3 is 15.5 Å². The van der Waals surface area contributed by atoms with Crippen molar-refractivity contribution < 1.29 is 9.59 Å². The van der Waals surface area contributed by atoms with E-state index in [4.69, 9.17) is 0 Å². The molecule has 1 atom stereocenters. The Labute approximate surface area is 161 Å². The number of benzene rings is 1. The molecule has 1 aromatic rings. The van der Waals surface area contributed by atoms with Gasteiger partial charge in [0.25, 0.3) is 0 Å². The summed E-state index contributed by atoms with van der Waals surface area (Å²) in [5.74, 6) is 0.0863. The van der Waals surface area contributed by atoms with Crippen LogP contribution in [0, 0.1) is 0 Å². The molecule has 1 aromatic carbocycles. The number of piperazine rings is 1. The van der Waals surface area contributed by atoms with Crippen LogP contribution in [0.5, 0.6) is 0 Å². The standard InChI is InChI=1S/C20H31N5O2/c1-23-13-17-7-4-3-6-16(17)12-18(23)14-24(2)20(27)22-8-5-10-25-11-9-21-19(26)15-25/h3-4,6-7,18H,5,8-15H2,1-2H3,(H,21,26)(H,22,27). The monoisotopic (exact) mass is 373 g/mol. The summed E-state index contributed by atoms with van der Waals surface area (Å²) in [6.07, 6.45) is 1.82. The minimum absolute atomic E-state index is 0.0290. The van der Waals surface area contributed by atoms with Gasteiger partial charge in [-0.3, -0.25) is 14.6 Å². The molecule has 0 aliphatic carbocycles. The zero-order chi connectivity index (χ0) is 19.2. The zero-order valence-electron chi connectivity index (χ0n) is 16.4. The average molecular weight is 374 g/mol. The van der Waals surface area contributed by atoms with Gasteiger partial charge in [-0.2, -0.15) is 0 Å². The minimum atomic E-state index is -0.0290. The molecule has 3 rings (SSSR count). The van der Waals surface area contributed by atoms with Gasteiger partial charge in [0.15, 0.2) is 0 Å². The van der Waals surface area contributed by atoms with Gasteiger partial charge in [-0.1, -0.05) is 24.3 Å². The molecule has 2 heterocycles. The number of amides is 3. The molecule has 0 aromatic heterocycles. The van der Waals surface area contributed by atoms with Crippen LogP contribution in [0.25, 0.3) is 0 Å². The van der Waals surface area contributed by atoms with Crippen LogP contribution >= 0.6 is 0 Å². The average Bonchev–Trinajstić information content (AvgIpc) is 2.65. The summed E-state index contributed by atoms with van der Waals surface area (Å²) in [6.45, 7) is 5.16. The summed E-state index contributed by atoms with van der Waals surface area (Å²) in [7, 11) is 3.99. The van der Waals surface area contributed by atoms with E-state index in [0.29, 0.717) is 32.2 Å². The van der Waals surface area contributed by atoms with Crippen molar-refractivity contribution in [1.29, 1.82) is 0 Å². The number of nitrogens with one attached hydrogen (secondary N) is 2. The molecule has 148 valence electrons. The molecule has 1 fully saturated rings. The molecule has 7 heteroatoms. The number of hydrogen-bond donors (Lipinski definition) is 2. The van der Waals surface area contributed by atoms with E-state index in [0.717, 1.165) is 32.5 Å². The van der Waals surface area contributed by atoms with E-state index in [9.17, 15) is 9.59 Å². The van der Waals surface area contributed by atoms with Gasteiger partial charge in [0, 0.05) is 52.4 Å². The zero-order valence-corrected chi connectivity index (χ0v) is 16.4. The SMILES string of the molecule is CN(CC1Cc2ccccc2CN1C)C(=O)NCCCN1CCNC(=O)C1. The van der Waals surface area contributed by atoms with Crippen molar-refractivity contribution in [2.24, 2.45) is 0 Å². The van der Waals surface area contributed by atoms with E-state index in [1.54, 1.807) is 4.90 Å². The van der Waals surface area contributed by atoms with Gasteiger partial charge in [0.05, 0.1) is 6.54 Å². The predicted molar refractivity (Wildman–Crippen MR) is 105 cm³/mol. The Bertz CT molecular complexity index is 666. The summed E-state index contributed by atoms with van der Waals surface area (Å²) in [5, 5.41) is 5.82. The van der Waals surface area contributed by atoms with Crippen molar-refractivity contribution in [2.75, 3.05) is 53.4 Å². The molecule has 2 aliphatic heterocycles. The molecule has 2 N–H and O–H groups in total. The number of carbonyl (C=O) groups is 2. The third-order valence-electron chi connectivity index (χ3n) is 5.49. The summed E-state index contributed by atoms with van der Waals surface area (Å²) in [5.41, 5.74) is 2.77. The minimum Gasteiger partial charge on any atom is -0.354 e. The van der Waals surface area contributed by atoms with Crippen molar-refractivity contribution in [3.8, 4) is 0 Å². The van der Waals surface area contributed by atoms with Gasteiger partial charge in [0.1, 0.15) is 0 Å². The summed E-state index contributed by atoms with van der Waals surface area (Å²) >= 11 is 0. The molecule has 1 saturated heterocycles. The fourth-order valence-corrected chi connectivity index (χ4v) is 3.84. The number of likely N-dealkylation sites (N-methyl/N-ethyl adjacent to an activating group) is 2. The quantitative estimate of drug-likeness (QED) is 0.713. The van der Waals surface area contributed by atoms with Crippen molar-refractivity contribution in [1.82, 2.24) is 25.3 Å². The molecule has 3 amide bonds. The van der Waals surface area contributed by atoms with E-state index in [-0.39, 0.29) is 11.9 Å². The van der Waals surface area contributed by atoms with Crippen molar-refractivity contribution in [3.63, 3.8) is 0 Å². The Morgan fingerprint density at radius 2 is 2.07 bits per heavy atom. The van der Waals surface area contributed by atoms with Crippen molar-refractivity contribution in [3.05, 3.63) is 35.4 Å². The third kappa shape index (κ3) is 5.43. The molecular formula is C20H31N5O2. The van der Waals surface area contributed by atoms with Gasteiger partial charge in [-0.25, -0.2) is 4.79 Å². The Balaban J connectivity index is 1.38. The molecule has 27 heavy (non-hydrogen) atoms. The molecule has 0 radical (unpaired) electrons. The van der Waals surface area contributed by atoms with Crippen molar-refractivity contribution in [2.45, 2.75) is 25.4 Å². The summed E-state index contributed by atoms with van der Waals surface area (Å²) in [6, 6.07) is 8.86. The number of nitrogens with zero attached hydrogens (tertiary/aromatic N) is 3. The largest absolute Gasteiger partial charge is 0.354 e. The highest BCUT2D eigenvalue weighted by molar-refractivity contribution is 5.78. The Morgan fingerprint density at radius 1 is 1.30 bits per heavy atom. The maximum absolute atomic E-state index is 12.4. The topological polar surface area (TPSA) is 67.9 Å². The lowest BCUT2D eigenvalue weighted by Crippen LogP contribution is -2.49. The second-order valence-electron chi connectivity index (χ2n) is 7.63. The fraction of sp³-hybridized carbons (Fsp3) is 0.600. The van der Waals surface area contributed by atoms with Crippen LogP contribution in [-0.4, -0.2) is 86.0 Å². The van der Waals surface area contributed by atoms with Gasteiger partial charge in [-0.05, 0) is 31.0 Å². The maximum atomic E-state index is 12.4. The molecule has 2 aliphatic rings. The van der Waals surface area contributed by atoms with E-state index < -0.39 is 0 Å². The second kappa shape index (κ2) is 9.19. The fourth-order valence-electron chi connectivity index (χ4n) is 3.84. The van der Waals surface area contributed by atoms with Crippen LogP contribution in [0.15, 0.2) is 24.3 Å². The van der Waals surface area contributed by atoms with Crippen LogP contribution in [0.3, 0.4) is 0 Å². The van der Waals surface area contributed by atoms with Crippen molar-refractivity contribution >= 4 is 11.9 Å². The highest BCUT2D eigenvalue weighted by Gasteiger charge is 2.25. The van der Waals surface area contributed by atoms with Gasteiger partial charge in [0.2, 0.25) is 5.91 Å². The van der Waals surface area contributed by atoms with Gasteiger partial charge >= 0.3 is 6.03 Å². The van der Waals surface area contributed by atoms with Crippen LogP contribution in [-0.2, 0) is 17.8 Å². The summed E-state index contributed by atoms with van der Waals surface area (Å²) in [4.78, 5) is 30.0. The van der Waals surface area contributed by atoms with E-state index >= 15 is 0 Å². The number of fused-ring (bicyclic) bond motifs is 1. The number of carbonyl (C=O) groups excluding carboxylic acids is 2. The van der Waals surface area contributed by atoms with E-state index in [2.05, 4.69) is 51.7 Å². The predicted octanol–water partition coefficient (Wildman–Crippen LogP) is 0.506. The molecule has 0 bridgehead atoms. The Morgan fingerprint density at radius 3 is 2.85 bits per heavy atom. The first-order chi connectivity index (χ1) is 13.0. The number of hydrogen-bond acceptors (Lipinski definition) is 4. The number of urea groups is 1. The highest BCUT2D eigenvalue weighted by atomic mass is 16.2. The molecular weight excluding hydrogens is 342 g/mol. The molecule has 7 nitrogen and oxygen atoms in total. The Kier molecular flexibility index (Phi) is 6.68. The normalized spacial score (nSPS) is 20.7. The molecule has 1 unspecified atom stereocenters. The third-order valence-corrected chi connectivity index (χ3v) is 5.49. The van der Waals surface area contributed by atoms with Crippen LogP contribution < -0.4 is 10.6 Å². The molecule has 0 saturated carbocycles. The maximum Gasteiger partial charge on any atom is 0.317 e. The van der Waals surface area contributed by atoms with Crippen LogP contribution in [0.1, 0.15) is 17.5 Å². The van der Waals surface area contributed by atoms with Gasteiger partial charge in [-0.15, -0.1) is 0 Å². The number of rotatable bonds is 6. The first-order valence-electron chi connectivity index (χ1n) is 9.78. The van der Waals surface area contributed by atoms with Crippen LogP contribution in [0.4, 0.5) is 4.79 Å².